The average Bonchev–Trinajstić information content (AvgIpc) is 2.38. The predicted molar refractivity (Wildman–Crippen MR) is 59.8 cm³/mol. The van der Waals surface area contributed by atoms with E-state index in [1.807, 2.05) is 4.90 Å². The molecule has 0 bridgehead atoms. The van der Waals surface area contributed by atoms with E-state index in [2.05, 4.69) is 15.0 Å². The minimum absolute atomic E-state index is 0.0335. The summed E-state index contributed by atoms with van der Waals surface area (Å²) >= 11 is 0. The molecule has 0 aromatic carbocycles. The summed E-state index contributed by atoms with van der Waals surface area (Å²) in [6.07, 6.45) is -0.229. The molecule has 94 valence electrons. The molecule has 1 aromatic rings. The van der Waals surface area contributed by atoms with Gasteiger partial charge in [0.1, 0.15) is 0 Å². The van der Waals surface area contributed by atoms with Crippen molar-refractivity contribution in [2.24, 2.45) is 0 Å². The molecule has 1 unspecified atom stereocenters. The Kier molecular flexibility index (Phi) is 3.55. The van der Waals surface area contributed by atoms with Gasteiger partial charge in [0.2, 0.25) is 11.9 Å². The second-order valence-corrected chi connectivity index (χ2v) is 3.60. The van der Waals surface area contributed by atoms with Crippen LogP contribution in [0, 0.1) is 0 Å². The van der Waals surface area contributed by atoms with Crippen LogP contribution in [0.25, 0.3) is 0 Å². The lowest BCUT2D eigenvalue weighted by molar-refractivity contribution is 0.00311. The predicted octanol–water partition coefficient (Wildman–Crippen LogP) is -1.34. The van der Waals surface area contributed by atoms with Gasteiger partial charge < -0.3 is 25.2 Å². The fraction of sp³-hybridized carbons (Fsp3) is 0.667. The lowest BCUT2D eigenvalue weighted by Crippen LogP contribution is -2.45. The molecule has 8 heteroatoms. The standard InChI is InChI=1S/C9H15N5O3/c1-16-9-12-7(10)11-8(13-9)14-2-3-17-6(4-14)5-15/h6,15H,2-5H2,1H3,(H2,10,11,12,13). The molecule has 1 fully saturated rings. The van der Waals surface area contributed by atoms with Crippen LogP contribution >= 0.6 is 0 Å². The summed E-state index contributed by atoms with van der Waals surface area (Å²) in [5, 5.41) is 9.06. The van der Waals surface area contributed by atoms with Gasteiger partial charge >= 0.3 is 6.01 Å². The van der Waals surface area contributed by atoms with Crippen molar-refractivity contribution in [3.63, 3.8) is 0 Å². The molecular weight excluding hydrogens is 226 g/mol. The third kappa shape index (κ3) is 2.71. The molecule has 0 saturated carbocycles. The second kappa shape index (κ2) is 5.11. The van der Waals surface area contributed by atoms with Crippen molar-refractivity contribution in [2.45, 2.75) is 6.10 Å². The Hall–Kier alpha value is -1.67. The van der Waals surface area contributed by atoms with Crippen molar-refractivity contribution < 1.29 is 14.6 Å². The number of morpholine rings is 1. The highest BCUT2D eigenvalue weighted by Gasteiger charge is 2.22. The zero-order valence-corrected chi connectivity index (χ0v) is 9.54. The van der Waals surface area contributed by atoms with Crippen molar-refractivity contribution in [2.75, 3.05) is 44.0 Å². The highest BCUT2D eigenvalue weighted by atomic mass is 16.5. The SMILES string of the molecule is COc1nc(N)nc(N2CCOC(CO)C2)n1. The first kappa shape index (κ1) is 11.8. The lowest BCUT2D eigenvalue weighted by atomic mass is 10.3. The molecule has 1 aromatic heterocycles. The third-order valence-corrected chi connectivity index (χ3v) is 2.43. The maximum atomic E-state index is 9.06. The number of nitrogens with zero attached hydrogens (tertiary/aromatic N) is 4. The summed E-state index contributed by atoms with van der Waals surface area (Å²) in [6, 6.07) is 0.180. The molecule has 1 atom stereocenters. The maximum Gasteiger partial charge on any atom is 0.322 e. The van der Waals surface area contributed by atoms with Crippen molar-refractivity contribution in [3.05, 3.63) is 0 Å². The molecule has 0 radical (unpaired) electrons. The Balaban J connectivity index is 2.18. The molecule has 2 rings (SSSR count). The minimum atomic E-state index is -0.229. The zero-order chi connectivity index (χ0) is 12.3. The molecule has 0 aliphatic carbocycles. The molecular formula is C9H15N5O3. The van der Waals surface area contributed by atoms with Gasteiger partial charge in [-0.3, -0.25) is 0 Å². The van der Waals surface area contributed by atoms with Crippen LogP contribution in [0.5, 0.6) is 6.01 Å². The maximum absolute atomic E-state index is 9.06. The highest BCUT2D eigenvalue weighted by Crippen LogP contribution is 2.16. The second-order valence-electron chi connectivity index (χ2n) is 3.60. The van der Waals surface area contributed by atoms with Gasteiger partial charge in [0, 0.05) is 13.1 Å². The molecule has 8 nitrogen and oxygen atoms in total. The molecule has 1 saturated heterocycles. The van der Waals surface area contributed by atoms with E-state index in [0.29, 0.717) is 25.6 Å². The van der Waals surface area contributed by atoms with Crippen molar-refractivity contribution in [3.8, 4) is 6.01 Å². The summed E-state index contributed by atoms with van der Waals surface area (Å²) in [5.41, 5.74) is 5.56. The Bertz CT molecular complexity index is 389. The van der Waals surface area contributed by atoms with E-state index >= 15 is 0 Å². The van der Waals surface area contributed by atoms with E-state index in [4.69, 9.17) is 20.3 Å². The van der Waals surface area contributed by atoms with Gasteiger partial charge in [0.15, 0.2) is 0 Å². The normalized spacial score (nSPS) is 20.4. The quantitative estimate of drug-likeness (QED) is 0.669. The van der Waals surface area contributed by atoms with Gasteiger partial charge in [-0.05, 0) is 0 Å². The molecule has 1 aliphatic heterocycles. The molecule has 0 amide bonds. The number of hydrogen-bond acceptors (Lipinski definition) is 8. The van der Waals surface area contributed by atoms with E-state index in [1.54, 1.807) is 0 Å². The van der Waals surface area contributed by atoms with Crippen LogP contribution < -0.4 is 15.4 Å². The van der Waals surface area contributed by atoms with Crippen molar-refractivity contribution in [1.82, 2.24) is 15.0 Å². The van der Waals surface area contributed by atoms with E-state index in [-0.39, 0.29) is 24.7 Å². The largest absolute Gasteiger partial charge is 0.467 e. The van der Waals surface area contributed by atoms with Crippen LogP contribution in [0.15, 0.2) is 0 Å². The number of aromatic nitrogens is 3. The fourth-order valence-electron chi connectivity index (χ4n) is 1.61. The van der Waals surface area contributed by atoms with E-state index in [1.165, 1.54) is 7.11 Å². The monoisotopic (exact) mass is 241 g/mol. The Morgan fingerprint density at radius 2 is 2.35 bits per heavy atom. The number of nitrogen functional groups attached to an aromatic ring is 1. The number of rotatable bonds is 3. The first-order chi connectivity index (χ1) is 8.22. The van der Waals surface area contributed by atoms with Gasteiger partial charge in [-0.1, -0.05) is 0 Å². The summed E-state index contributed by atoms with van der Waals surface area (Å²) in [6.45, 7) is 1.64. The lowest BCUT2D eigenvalue weighted by Gasteiger charge is -2.31. The van der Waals surface area contributed by atoms with Crippen LogP contribution in [0.4, 0.5) is 11.9 Å². The summed E-state index contributed by atoms with van der Waals surface area (Å²) < 4.78 is 10.3. The fourth-order valence-corrected chi connectivity index (χ4v) is 1.61. The van der Waals surface area contributed by atoms with Gasteiger partial charge in [0.25, 0.3) is 0 Å². The molecule has 1 aliphatic rings. The minimum Gasteiger partial charge on any atom is -0.467 e. The van der Waals surface area contributed by atoms with Gasteiger partial charge in [-0.25, -0.2) is 0 Å². The molecule has 17 heavy (non-hydrogen) atoms. The number of hydrogen-bond donors (Lipinski definition) is 2. The molecule has 0 spiro atoms. The van der Waals surface area contributed by atoms with Crippen LogP contribution in [0.3, 0.4) is 0 Å². The summed E-state index contributed by atoms with van der Waals surface area (Å²) in [4.78, 5) is 13.8. The Labute approximate surface area is 98.4 Å². The Morgan fingerprint density at radius 3 is 3.06 bits per heavy atom. The van der Waals surface area contributed by atoms with Crippen molar-refractivity contribution in [1.29, 1.82) is 0 Å². The number of aliphatic hydroxyl groups excluding tert-OH is 1. The van der Waals surface area contributed by atoms with Gasteiger partial charge in [-0.15, -0.1) is 0 Å². The Morgan fingerprint density at radius 1 is 1.53 bits per heavy atom. The first-order valence-corrected chi connectivity index (χ1v) is 5.26. The summed E-state index contributed by atoms with van der Waals surface area (Å²) in [7, 11) is 1.47. The number of methoxy groups -OCH3 is 1. The average molecular weight is 241 g/mol. The van der Waals surface area contributed by atoms with E-state index in [0.717, 1.165) is 0 Å². The number of ether oxygens (including phenoxy) is 2. The molecule has 2 heterocycles. The van der Waals surface area contributed by atoms with Gasteiger partial charge in [-0.2, -0.15) is 15.0 Å². The van der Waals surface area contributed by atoms with E-state index < -0.39 is 0 Å². The van der Waals surface area contributed by atoms with Crippen LogP contribution in [-0.4, -0.2) is 59.6 Å². The van der Waals surface area contributed by atoms with Crippen LogP contribution in [-0.2, 0) is 4.74 Å². The topological polar surface area (TPSA) is 107 Å². The number of nitrogens with two attached hydrogens (primary N) is 1. The van der Waals surface area contributed by atoms with Crippen molar-refractivity contribution >= 4 is 11.9 Å². The van der Waals surface area contributed by atoms with Crippen LogP contribution in [0.1, 0.15) is 0 Å². The number of aliphatic hydroxyl groups is 1. The third-order valence-electron chi connectivity index (χ3n) is 2.43. The first-order valence-electron chi connectivity index (χ1n) is 5.26. The number of anilines is 2. The summed E-state index contributed by atoms with van der Waals surface area (Å²) in [5.74, 6) is 0.551. The van der Waals surface area contributed by atoms with Gasteiger partial charge in [0.05, 0.1) is 26.4 Å². The van der Waals surface area contributed by atoms with E-state index in [9.17, 15) is 0 Å². The zero-order valence-electron chi connectivity index (χ0n) is 9.54. The molecule has 3 N–H and O–H groups in total. The highest BCUT2D eigenvalue weighted by molar-refractivity contribution is 5.36. The van der Waals surface area contributed by atoms with Crippen LogP contribution in [0.2, 0.25) is 0 Å². The smallest absolute Gasteiger partial charge is 0.322 e.